The molecule has 0 unspecified atom stereocenters. The maximum atomic E-state index is 5.46. The molecule has 0 saturated carbocycles. The highest BCUT2D eigenvalue weighted by molar-refractivity contribution is 14.2. The molecule has 0 saturated heterocycles. The van der Waals surface area contributed by atoms with Gasteiger partial charge in [-0.2, -0.15) is 0 Å². The van der Waals surface area contributed by atoms with Gasteiger partial charge in [0.05, 0.1) is 13.2 Å². The highest BCUT2D eigenvalue weighted by Gasteiger charge is 2.03. The molecule has 0 radical (unpaired) electrons. The zero-order chi connectivity index (χ0) is 9.23. The second-order valence-corrected chi connectivity index (χ2v) is 5.89. The van der Waals surface area contributed by atoms with E-state index < -0.39 is 6.02 Å². The first-order valence-corrected chi connectivity index (χ1v) is 8.49. The lowest BCUT2D eigenvalue weighted by atomic mass is 10.4. The van der Waals surface area contributed by atoms with Crippen LogP contribution in [0.5, 0.6) is 0 Å². The molecule has 0 rings (SSSR count). The quantitative estimate of drug-likeness (QED) is 0.378. The van der Waals surface area contributed by atoms with Crippen molar-refractivity contribution in [2.75, 3.05) is 13.2 Å². The van der Waals surface area contributed by atoms with E-state index in [1.165, 1.54) is 12.8 Å². The van der Waals surface area contributed by atoms with Crippen LogP contribution < -0.4 is 0 Å². The first kappa shape index (κ1) is 13.1. The Kier molecular flexibility index (Phi) is 11.1. The van der Waals surface area contributed by atoms with Crippen LogP contribution in [0.3, 0.4) is 0 Å². The Morgan fingerprint density at radius 1 is 1.00 bits per heavy atom. The van der Waals surface area contributed by atoms with E-state index in [0.29, 0.717) is 0 Å². The van der Waals surface area contributed by atoms with Crippen LogP contribution in [0, 0.1) is 0 Å². The number of rotatable bonds is 8. The van der Waals surface area contributed by atoms with Gasteiger partial charge in [-0.3, -0.25) is 0 Å². The second kappa shape index (κ2) is 10.2. The van der Waals surface area contributed by atoms with Crippen LogP contribution in [0.1, 0.15) is 39.5 Å². The Hall–Kier alpha value is 1.08. The van der Waals surface area contributed by atoms with E-state index in [1.54, 1.807) is 0 Å². The minimum Gasteiger partial charge on any atom is -0.327 e. The predicted molar refractivity (Wildman–Crippen MR) is 62.7 cm³/mol. The Balaban J connectivity index is 3.04. The lowest BCUT2D eigenvalue weighted by Gasteiger charge is -2.09. The fraction of sp³-hybridized carbons (Fsp3) is 1.00. The molecule has 0 aliphatic heterocycles. The summed E-state index contributed by atoms with van der Waals surface area (Å²) in [6.07, 6.45) is 4.65. The van der Waals surface area contributed by atoms with Gasteiger partial charge in [-0.1, -0.05) is 26.7 Å². The summed E-state index contributed by atoms with van der Waals surface area (Å²) in [7, 11) is 0. The summed E-state index contributed by atoms with van der Waals surface area (Å²) in [6.45, 7) is 6.02. The molecule has 74 valence electrons. The van der Waals surface area contributed by atoms with Gasteiger partial charge in [-0.15, -0.1) is 0 Å². The SMILES string of the molecule is CCCCOP(I)OCCCC. The Morgan fingerprint density at radius 2 is 1.42 bits per heavy atom. The van der Waals surface area contributed by atoms with E-state index in [2.05, 4.69) is 35.9 Å². The third kappa shape index (κ3) is 9.17. The average Bonchev–Trinajstić information content (AvgIpc) is 2.06. The van der Waals surface area contributed by atoms with Gasteiger partial charge in [-0.05, 0) is 12.8 Å². The van der Waals surface area contributed by atoms with Crippen LogP contribution in [0.4, 0.5) is 0 Å². The van der Waals surface area contributed by atoms with Crippen molar-refractivity contribution in [1.82, 2.24) is 0 Å². The van der Waals surface area contributed by atoms with E-state index in [9.17, 15) is 0 Å². The zero-order valence-electron chi connectivity index (χ0n) is 7.88. The molecule has 2 nitrogen and oxygen atoms in total. The Labute approximate surface area is 89.8 Å². The van der Waals surface area contributed by atoms with Crippen molar-refractivity contribution in [2.45, 2.75) is 39.5 Å². The molecule has 0 aromatic heterocycles. The summed E-state index contributed by atoms with van der Waals surface area (Å²) in [5, 5.41) is 0. The average molecular weight is 304 g/mol. The molecule has 0 spiro atoms. The maximum Gasteiger partial charge on any atom is 0.239 e. The summed E-state index contributed by atoms with van der Waals surface area (Å²) < 4.78 is 10.9. The van der Waals surface area contributed by atoms with Crippen molar-refractivity contribution in [3.63, 3.8) is 0 Å². The van der Waals surface area contributed by atoms with Crippen molar-refractivity contribution in [3.05, 3.63) is 0 Å². The van der Waals surface area contributed by atoms with Gasteiger partial charge >= 0.3 is 0 Å². The highest BCUT2D eigenvalue weighted by Crippen LogP contribution is 2.47. The molecule has 0 aromatic carbocycles. The smallest absolute Gasteiger partial charge is 0.239 e. The summed E-state index contributed by atoms with van der Waals surface area (Å²) in [5.74, 6) is 0. The lowest BCUT2D eigenvalue weighted by molar-refractivity contribution is 0.258. The molecule has 0 N–H and O–H groups in total. The van der Waals surface area contributed by atoms with E-state index in [1.807, 2.05) is 0 Å². The van der Waals surface area contributed by atoms with Crippen LogP contribution in [0.15, 0.2) is 0 Å². The molecule has 0 aliphatic rings. The van der Waals surface area contributed by atoms with Gasteiger partial charge in [-0.25, -0.2) is 0 Å². The molecule has 0 bridgehead atoms. The van der Waals surface area contributed by atoms with Gasteiger partial charge in [0.25, 0.3) is 0 Å². The highest BCUT2D eigenvalue weighted by atomic mass is 127. The lowest BCUT2D eigenvalue weighted by Crippen LogP contribution is -1.90. The number of hydrogen-bond acceptors (Lipinski definition) is 2. The van der Waals surface area contributed by atoms with E-state index >= 15 is 0 Å². The van der Waals surface area contributed by atoms with Gasteiger partial charge in [0.2, 0.25) is 6.02 Å². The molecule has 0 aromatic rings. The molecular formula is C8H18IO2P. The molecular weight excluding hydrogens is 286 g/mol. The predicted octanol–water partition coefficient (Wildman–Crippen LogP) is 4.28. The first-order valence-electron chi connectivity index (χ1n) is 4.53. The van der Waals surface area contributed by atoms with Crippen LogP contribution in [0.2, 0.25) is 0 Å². The van der Waals surface area contributed by atoms with Crippen molar-refractivity contribution >= 4 is 28.1 Å². The van der Waals surface area contributed by atoms with Gasteiger partial charge in [0.15, 0.2) is 0 Å². The standard InChI is InChI=1S/C8H18IO2P/c1-3-5-7-10-12(9)11-8-6-4-2/h3-8H2,1-2H3. The van der Waals surface area contributed by atoms with Crippen molar-refractivity contribution in [3.8, 4) is 0 Å². The normalized spacial score (nSPS) is 11.0. The minimum atomic E-state index is -0.634. The van der Waals surface area contributed by atoms with Crippen molar-refractivity contribution in [1.29, 1.82) is 0 Å². The second-order valence-electron chi connectivity index (χ2n) is 2.59. The Morgan fingerprint density at radius 3 is 1.75 bits per heavy atom. The summed E-state index contributed by atoms with van der Waals surface area (Å²) in [6, 6.07) is -0.634. The van der Waals surface area contributed by atoms with Gasteiger partial charge in [0.1, 0.15) is 0 Å². The third-order valence-corrected chi connectivity index (χ3v) is 3.82. The molecule has 0 amide bonds. The molecule has 0 aliphatic carbocycles. The van der Waals surface area contributed by atoms with Gasteiger partial charge in [0, 0.05) is 22.0 Å². The summed E-state index contributed by atoms with van der Waals surface area (Å²) in [4.78, 5) is 0. The number of hydrogen-bond donors (Lipinski definition) is 0. The molecule has 0 fully saturated rings. The topological polar surface area (TPSA) is 18.5 Å². The van der Waals surface area contributed by atoms with Crippen molar-refractivity contribution < 1.29 is 9.05 Å². The van der Waals surface area contributed by atoms with E-state index in [0.717, 1.165) is 26.1 Å². The molecule has 12 heavy (non-hydrogen) atoms. The number of halogens is 1. The minimum absolute atomic E-state index is 0.634. The maximum absolute atomic E-state index is 5.46. The Bertz CT molecular complexity index is 83.1. The first-order chi connectivity index (χ1) is 5.81. The monoisotopic (exact) mass is 304 g/mol. The van der Waals surface area contributed by atoms with Crippen molar-refractivity contribution in [2.24, 2.45) is 0 Å². The summed E-state index contributed by atoms with van der Waals surface area (Å²) in [5.41, 5.74) is 0. The molecule has 4 heteroatoms. The largest absolute Gasteiger partial charge is 0.327 e. The van der Waals surface area contributed by atoms with Crippen LogP contribution >= 0.6 is 28.1 Å². The fourth-order valence-corrected chi connectivity index (χ4v) is 2.40. The van der Waals surface area contributed by atoms with Crippen LogP contribution in [-0.4, -0.2) is 13.2 Å². The van der Waals surface area contributed by atoms with E-state index in [-0.39, 0.29) is 0 Å². The fourth-order valence-electron chi connectivity index (χ4n) is 0.599. The zero-order valence-corrected chi connectivity index (χ0v) is 10.9. The number of unbranched alkanes of at least 4 members (excludes halogenated alkanes) is 2. The third-order valence-electron chi connectivity index (χ3n) is 1.38. The molecule has 0 atom stereocenters. The molecule has 0 heterocycles. The van der Waals surface area contributed by atoms with Crippen LogP contribution in [-0.2, 0) is 9.05 Å². The summed E-state index contributed by atoms with van der Waals surface area (Å²) >= 11 is 2.24. The van der Waals surface area contributed by atoms with E-state index in [4.69, 9.17) is 9.05 Å². The van der Waals surface area contributed by atoms with Crippen LogP contribution in [0.25, 0.3) is 0 Å². The van der Waals surface area contributed by atoms with Gasteiger partial charge < -0.3 is 9.05 Å².